The molecule has 1 aromatic heterocycles. The SMILES string of the molecule is CCOC(=O)c1cc(C(C)(C)C)n(C2CCN(C(=O)[C@H](Cc3ccccc3F)NC(C)=O)CC2)n1. The zero-order chi connectivity index (χ0) is 25.8. The third-order valence-electron chi connectivity index (χ3n) is 6.17. The summed E-state index contributed by atoms with van der Waals surface area (Å²) in [6.07, 6.45) is 1.37. The number of carbonyl (C=O) groups is 3. The van der Waals surface area contributed by atoms with Crippen LogP contribution in [0.4, 0.5) is 4.39 Å². The molecular formula is C26H35FN4O4. The molecule has 0 saturated carbocycles. The predicted octanol–water partition coefficient (Wildman–Crippen LogP) is 3.41. The van der Waals surface area contributed by atoms with Crippen LogP contribution >= 0.6 is 0 Å². The second kappa shape index (κ2) is 11.0. The standard InChI is InChI=1S/C26H35FN4O4/c1-6-35-25(34)22-16-23(26(3,4)5)31(29-22)19-11-13-30(14-12-19)24(33)21(28-17(2)32)15-18-9-7-8-10-20(18)27/h7-10,16,19,21H,6,11-15H2,1-5H3,(H,28,32)/t21-/m0/s1. The minimum atomic E-state index is -0.841. The third kappa shape index (κ3) is 6.46. The number of benzene rings is 1. The van der Waals surface area contributed by atoms with Gasteiger partial charge in [0.15, 0.2) is 5.69 Å². The number of hydrogen-bond acceptors (Lipinski definition) is 5. The predicted molar refractivity (Wildman–Crippen MR) is 129 cm³/mol. The summed E-state index contributed by atoms with van der Waals surface area (Å²) >= 11 is 0. The maximum Gasteiger partial charge on any atom is 0.358 e. The molecule has 190 valence electrons. The zero-order valence-corrected chi connectivity index (χ0v) is 21.1. The van der Waals surface area contributed by atoms with Gasteiger partial charge in [-0.1, -0.05) is 39.0 Å². The molecule has 0 radical (unpaired) electrons. The molecule has 1 aromatic carbocycles. The Labute approximate surface area is 205 Å². The molecule has 35 heavy (non-hydrogen) atoms. The molecule has 1 aliphatic rings. The number of carbonyl (C=O) groups excluding carboxylic acids is 3. The highest BCUT2D eigenvalue weighted by atomic mass is 19.1. The van der Waals surface area contributed by atoms with Crippen molar-refractivity contribution in [1.29, 1.82) is 0 Å². The number of nitrogens with zero attached hydrogens (tertiary/aromatic N) is 3. The van der Waals surface area contributed by atoms with Crippen LogP contribution in [0.1, 0.15) is 75.2 Å². The Hall–Kier alpha value is -3.23. The molecule has 3 rings (SSSR count). The highest BCUT2D eigenvalue weighted by Crippen LogP contribution is 2.31. The van der Waals surface area contributed by atoms with Crippen molar-refractivity contribution in [3.05, 3.63) is 53.1 Å². The lowest BCUT2D eigenvalue weighted by molar-refractivity contribution is -0.137. The van der Waals surface area contributed by atoms with Gasteiger partial charge in [-0.05, 0) is 37.5 Å². The van der Waals surface area contributed by atoms with Crippen molar-refractivity contribution >= 4 is 17.8 Å². The second-order valence-corrected chi connectivity index (χ2v) is 9.93. The van der Waals surface area contributed by atoms with Crippen LogP contribution in [0.3, 0.4) is 0 Å². The fraction of sp³-hybridized carbons (Fsp3) is 0.538. The normalized spacial score (nSPS) is 15.5. The van der Waals surface area contributed by atoms with Crippen molar-refractivity contribution in [2.24, 2.45) is 0 Å². The van der Waals surface area contributed by atoms with Crippen LogP contribution in [0, 0.1) is 5.82 Å². The first-order chi connectivity index (χ1) is 16.5. The Morgan fingerprint density at radius 3 is 2.43 bits per heavy atom. The summed E-state index contributed by atoms with van der Waals surface area (Å²) in [6.45, 7) is 10.5. The van der Waals surface area contributed by atoms with Crippen molar-refractivity contribution in [1.82, 2.24) is 20.0 Å². The number of halogens is 1. The topological polar surface area (TPSA) is 93.5 Å². The number of aromatic nitrogens is 2. The summed E-state index contributed by atoms with van der Waals surface area (Å²) in [4.78, 5) is 39.1. The Morgan fingerprint density at radius 2 is 1.86 bits per heavy atom. The average Bonchev–Trinajstić information content (AvgIpc) is 3.26. The van der Waals surface area contributed by atoms with Crippen molar-refractivity contribution < 1.29 is 23.5 Å². The van der Waals surface area contributed by atoms with Gasteiger partial charge in [0.05, 0.1) is 12.6 Å². The number of hydrogen-bond donors (Lipinski definition) is 1. The lowest BCUT2D eigenvalue weighted by atomic mass is 9.91. The van der Waals surface area contributed by atoms with Crippen molar-refractivity contribution in [2.75, 3.05) is 19.7 Å². The number of ether oxygens (including phenoxy) is 1. The average molecular weight is 487 g/mol. The summed E-state index contributed by atoms with van der Waals surface area (Å²) < 4.78 is 21.2. The number of piperidine rings is 1. The van der Waals surface area contributed by atoms with Crippen LogP contribution in [-0.2, 0) is 26.2 Å². The van der Waals surface area contributed by atoms with Gasteiger partial charge >= 0.3 is 5.97 Å². The maximum atomic E-state index is 14.2. The van der Waals surface area contributed by atoms with E-state index in [2.05, 4.69) is 31.2 Å². The fourth-order valence-corrected chi connectivity index (χ4v) is 4.42. The molecule has 2 aromatic rings. The molecule has 0 aliphatic carbocycles. The number of esters is 1. The molecule has 1 N–H and O–H groups in total. The van der Waals surface area contributed by atoms with E-state index in [1.54, 1.807) is 36.1 Å². The van der Waals surface area contributed by atoms with E-state index in [1.165, 1.54) is 13.0 Å². The summed E-state index contributed by atoms with van der Waals surface area (Å²) in [5.41, 5.74) is 1.36. The van der Waals surface area contributed by atoms with Gasteiger partial charge in [-0.25, -0.2) is 9.18 Å². The van der Waals surface area contributed by atoms with E-state index >= 15 is 0 Å². The highest BCUT2D eigenvalue weighted by Gasteiger charge is 2.33. The number of likely N-dealkylation sites (tertiary alicyclic amines) is 1. The minimum absolute atomic E-state index is 0.0160. The lowest BCUT2D eigenvalue weighted by Gasteiger charge is -2.36. The van der Waals surface area contributed by atoms with Crippen LogP contribution in [0.15, 0.2) is 30.3 Å². The third-order valence-corrected chi connectivity index (χ3v) is 6.17. The largest absolute Gasteiger partial charge is 0.461 e. The van der Waals surface area contributed by atoms with E-state index in [1.807, 2.05) is 4.68 Å². The fourth-order valence-electron chi connectivity index (χ4n) is 4.42. The van der Waals surface area contributed by atoms with Crippen molar-refractivity contribution in [3.63, 3.8) is 0 Å². The Morgan fingerprint density at radius 1 is 1.20 bits per heavy atom. The van der Waals surface area contributed by atoms with Gasteiger partial charge in [-0.15, -0.1) is 0 Å². The molecule has 2 heterocycles. The van der Waals surface area contributed by atoms with Gasteiger partial charge in [0.2, 0.25) is 11.8 Å². The quantitative estimate of drug-likeness (QED) is 0.606. The summed E-state index contributed by atoms with van der Waals surface area (Å²) in [5, 5.41) is 7.26. The van der Waals surface area contributed by atoms with Crippen LogP contribution in [0.2, 0.25) is 0 Å². The second-order valence-electron chi connectivity index (χ2n) is 9.93. The van der Waals surface area contributed by atoms with Gasteiger partial charge in [-0.3, -0.25) is 14.3 Å². The summed E-state index contributed by atoms with van der Waals surface area (Å²) in [6, 6.07) is 7.23. The molecule has 8 nitrogen and oxygen atoms in total. The van der Waals surface area contributed by atoms with E-state index in [0.29, 0.717) is 31.5 Å². The van der Waals surface area contributed by atoms with Gasteiger partial charge in [0.25, 0.3) is 0 Å². The molecule has 1 fully saturated rings. The van der Waals surface area contributed by atoms with E-state index in [9.17, 15) is 18.8 Å². The smallest absolute Gasteiger partial charge is 0.358 e. The first kappa shape index (κ1) is 26.4. The van der Waals surface area contributed by atoms with Crippen LogP contribution < -0.4 is 5.32 Å². The number of amides is 2. The van der Waals surface area contributed by atoms with Gasteiger partial charge in [0.1, 0.15) is 11.9 Å². The first-order valence-electron chi connectivity index (χ1n) is 12.1. The molecule has 1 aliphatic heterocycles. The molecule has 0 unspecified atom stereocenters. The molecule has 1 saturated heterocycles. The Bertz CT molecular complexity index is 1070. The first-order valence-corrected chi connectivity index (χ1v) is 12.1. The number of nitrogens with one attached hydrogen (secondary N) is 1. The van der Waals surface area contributed by atoms with Crippen LogP contribution in [0.5, 0.6) is 0 Å². The zero-order valence-electron chi connectivity index (χ0n) is 21.1. The number of rotatable bonds is 7. The Kier molecular flexibility index (Phi) is 8.30. The molecule has 0 bridgehead atoms. The van der Waals surface area contributed by atoms with E-state index in [-0.39, 0.29) is 42.0 Å². The minimum Gasteiger partial charge on any atom is -0.461 e. The van der Waals surface area contributed by atoms with E-state index in [4.69, 9.17) is 4.74 Å². The van der Waals surface area contributed by atoms with E-state index < -0.39 is 17.8 Å². The summed E-state index contributed by atoms with van der Waals surface area (Å²) in [7, 11) is 0. The lowest BCUT2D eigenvalue weighted by Crippen LogP contribution is -2.51. The molecule has 2 amide bonds. The van der Waals surface area contributed by atoms with E-state index in [0.717, 1.165) is 5.69 Å². The monoisotopic (exact) mass is 486 g/mol. The highest BCUT2D eigenvalue weighted by molar-refractivity contribution is 5.88. The summed E-state index contributed by atoms with van der Waals surface area (Å²) in [5.74, 6) is -1.42. The Balaban J connectivity index is 1.74. The van der Waals surface area contributed by atoms with Crippen LogP contribution in [-0.4, -0.2) is 58.2 Å². The van der Waals surface area contributed by atoms with Gasteiger partial charge in [-0.2, -0.15) is 5.10 Å². The molecular weight excluding hydrogens is 451 g/mol. The van der Waals surface area contributed by atoms with Gasteiger partial charge in [0, 0.05) is 37.5 Å². The molecule has 1 atom stereocenters. The van der Waals surface area contributed by atoms with Crippen LogP contribution in [0.25, 0.3) is 0 Å². The van der Waals surface area contributed by atoms with Crippen molar-refractivity contribution in [3.8, 4) is 0 Å². The van der Waals surface area contributed by atoms with Crippen molar-refractivity contribution in [2.45, 2.75) is 71.4 Å². The molecule has 0 spiro atoms. The van der Waals surface area contributed by atoms with Gasteiger partial charge < -0.3 is 15.0 Å². The maximum absolute atomic E-state index is 14.2. The molecule has 9 heteroatoms.